The molecule has 0 aliphatic rings. The Balaban J connectivity index is 2.10. The van der Waals surface area contributed by atoms with Crippen LogP contribution >= 0.6 is 0 Å². The van der Waals surface area contributed by atoms with Gasteiger partial charge in [-0.15, -0.1) is 0 Å². The van der Waals surface area contributed by atoms with Crippen LogP contribution in [-0.2, 0) is 13.0 Å². The van der Waals surface area contributed by atoms with Crippen molar-refractivity contribution in [1.82, 2.24) is 4.98 Å². The van der Waals surface area contributed by atoms with Crippen molar-refractivity contribution in [1.29, 1.82) is 0 Å². The molecule has 100 valence electrons. The fourth-order valence-corrected chi connectivity index (χ4v) is 1.84. The van der Waals surface area contributed by atoms with E-state index in [0.29, 0.717) is 18.9 Å². The molecule has 0 aliphatic heterocycles. The molecule has 19 heavy (non-hydrogen) atoms. The standard InChI is InChI=1S/C15H17NO3/c1-18-15-13(6-4-9-16-15)11-19-14-7-3-2-5-12(14)8-10-17/h2-7,9,17H,8,10-11H2,1H3. The number of ether oxygens (including phenoxy) is 2. The molecule has 0 bridgehead atoms. The molecule has 1 heterocycles. The van der Waals surface area contributed by atoms with E-state index in [2.05, 4.69) is 4.98 Å². The lowest BCUT2D eigenvalue weighted by Crippen LogP contribution is -2.02. The molecule has 4 heteroatoms. The number of aliphatic hydroxyl groups is 1. The zero-order valence-corrected chi connectivity index (χ0v) is 10.9. The Morgan fingerprint density at radius 2 is 1.89 bits per heavy atom. The minimum atomic E-state index is 0.108. The average molecular weight is 259 g/mol. The van der Waals surface area contributed by atoms with Gasteiger partial charge < -0.3 is 14.6 Å². The van der Waals surface area contributed by atoms with Crippen LogP contribution in [0.4, 0.5) is 0 Å². The first-order valence-electron chi connectivity index (χ1n) is 6.14. The lowest BCUT2D eigenvalue weighted by atomic mass is 10.1. The van der Waals surface area contributed by atoms with Crippen LogP contribution in [0.15, 0.2) is 42.6 Å². The third kappa shape index (κ3) is 3.45. The highest BCUT2D eigenvalue weighted by atomic mass is 16.5. The first-order chi connectivity index (χ1) is 9.35. The van der Waals surface area contributed by atoms with Crippen molar-refractivity contribution in [3.8, 4) is 11.6 Å². The SMILES string of the molecule is COc1ncccc1COc1ccccc1CCO. The number of hydrogen-bond acceptors (Lipinski definition) is 4. The molecule has 0 spiro atoms. The van der Waals surface area contributed by atoms with Gasteiger partial charge in [-0.25, -0.2) is 4.98 Å². The van der Waals surface area contributed by atoms with Gasteiger partial charge in [0.25, 0.3) is 0 Å². The van der Waals surface area contributed by atoms with Crippen molar-refractivity contribution in [3.05, 3.63) is 53.7 Å². The minimum absolute atomic E-state index is 0.108. The summed E-state index contributed by atoms with van der Waals surface area (Å²) in [4.78, 5) is 4.13. The maximum absolute atomic E-state index is 9.03. The number of hydrogen-bond donors (Lipinski definition) is 1. The molecular formula is C15H17NO3. The van der Waals surface area contributed by atoms with E-state index in [1.165, 1.54) is 0 Å². The molecule has 0 aliphatic carbocycles. The van der Waals surface area contributed by atoms with Gasteiger partial charge in [-0.1, -0.05) is 18.2 Å². The van der Waals surface area contributed by atoms with Gasteiger partial charge in [0.15, 0.2) is 0 Å². The summed E-state index contributed by atoms with van der Waals surface area (Å²) < 4.78 is 11.0. The molecule has 0 atom stereocenters. The third-order valence-electron chi connectivity index (χ3n) is 2.78. The lowest BCUT2D eigenvalue weighted by Gasteiger charge is -2.12. The second-order valence-electron chi connectivity index (χ2n) is 4.04. The van der Waals surface area contributed by atoms with Crippen molar-refractivity contribution in [3.63, 3.8) is 0 Å². The van der Waals surface area contributed by atoms with Crippen LogP contribution in [0.1, 0.15) is 11.1 Å². The van der Waals surface area contributed by atoms with E-state index >= 15 is 0 Å². The first-order valence-corrected chi connectivity index (χ1v) is 6.14. The molecule has 2 rings (SSSR count). The van der Waals surface area contributed by atoms with E-state index in [9.17, 15) is 0 Å². The number of aromatic nitrogens is 1. The number of para-hydroxylation sites is 1. The predicted molar refractivity (Wildman–Crippen MR) is 72.4 cm³/mol. The van der Waals surface area contributed by atoms with Gasteiger partial charge >= 0.3 is 0 Å². The van der Waals surface area contributed by atoms with Crippen LogP contribution in [0.5, 0.6) is 11.6 Å². The predicted octanol–water partition coefficient (Wildman–Crippen LogP) is 2.20. The number of methoxy groups -OCH3 is 1. The fraction of sp³-hybridized carbons (Fsp3) is 0.267. The van der Waals surface area contributed by atoms with Crippen LogP contribution in [-0.4, -0.2) is 23.8 Å². The number of nitrogens with zero attached hydrogens (tertiary/aromatic N) is 1. The summed E-state index contributed by atoms with van der Waals surface area (Å²) in [6, 6.07) is 11.5. The van der Waals surface area contributed by atoms with Gasteiger partial charge in [-0.2, -0.15) is 0 Å². The molecule has 1 aromatic carbocycles. The second kappa shape index (κ2) is 6.75. The monoisotopic (exact) mass is 259 g/mol. The van der Waals surface area contributed by atoms with Crippen molar-refractivity contribution in [2.24, 2.45) is 0 Å². The Morgan fingerprint density at radius 3 is 2.68 bits per heavy atom. The van der Waals surface area contributed by atoms with E-state index < -0.39 is 0 Å². The van der Waals surface area contributed by atoms with Crippen molar-refractivity contribution in [2.45, 2.75) is 13.0 Å². The maximum Gasteiger partial charge on any atom is 0.219 e. The molecule has 4 nitrogen and oxygen atoms in total. The van der Waals surface area contributed by atoms with Gasteiger partial charge in [0.1, 0.15) is 12.4 Å². The first kappa shape index (κ1) is 13.4. The summed E-state index contributed by atoms with van der Waals surface area (Å²) in [5.74, 6) is 1.35. The van der Waals surface area contributed by atoms with Crippen LogP contribution in [0.3, 0.4) is 0 Å². The van der Waals surface area contributed by atoms with E-state index in [-0.39, 0.29) is 6.61 Å². The zero-order chi connectivity index (χ0) is 13.5. The van der Waals surface area contributed by atoms with Gasteiger partial charge in [-0.05, 0) is 30.2 Å². The maximum atomic E-state index is 9.03. The molecule has 1 N–H and O–H groups in total. The van der Waals surface area contributed by atoms with Crippen molar-refractivity contribution >= 4 is 0 Å². The molecule has 1 aromatic heterocycles. The highest BCUT2D eigenvalue weighted by molar-refractivity contribution is 5.34. The topological polar surface area (TPSA) is 51.6 Å². The lowest BCUT2D eigenvalue weighted by molar-refractivity contribution is 0.278. The number of pyridine rings is 1. The summed E-state index contributed by atoms with van der Waals surface area (Å²) in [6.07, 6.45) is 2.27. The van der Waals surface area contributed by atoms with Crippen LogP contribution in [0, 0.1) is 0 Å². The Bertz CT molecular complexity index is 528. The van der Waals surface area contributed by atoms with Gasteiger partial charge in [0, 0.05) is 12.8 Å². The number of aliphatic hydroxyl groups excluding tert-OH is 1. The van der Waals surface area contributed by atoms with E-state index in [1.54, 1.807) is 13.3 Å². The Kier molecular flexibility index (Phi) is 4.75. The summed E-state index contributed by atoms with van der Waals surface area (Å²) in [5.41, 5.74) is 1.89. The van der Waals surface area contributed by atoms with E-state index in [1.807, 2.05) is 36.4 Å². The smallest absolute Gasteiger partial charge is 0.219 e. The zero-order valence-electron chi connectivity index (χ0n) is 10.9. The summed E-state index contributed by atoms with van der Waals surface area (Å²) in [6.45, 7) is 0.496. The summed E-state index contributed by atoms with van der Waals surface area (Å²) in [5, 5.41) is 9.03. The van der Waals surface area contributed by atoms with Gasteiger partial charge in [0.05, 0.1) is 12.7 Å². The molecule has 0 unspecified atom stereocenters. The quantitative estimate of drug-likeness (QED) is 0.864. The van der Waals surface area contributed by atoms with Gasteiger partial charge in [-0.3, -0.25) is 0 Å². The van der Waals surface area contributed by atoms with Crippen molar-refractivity contribution in [2.75, 3.05) is 13.7 Å². The molecular weight excluding hydrogens is 242 g/mol. The van der Waals surface area contributed by atoms with Crippen LogP contribution in [0.2, 0.25) is 0 Å². The molecule has 0 saturated heterocycles. The minimum Gasteiger partial charge on any atom is -0.488 e. The Hall–Kier alpha value is -2.07. The van der Waals surface area contributed by atoms with E-state index in [4.69, 9.17) is 14.6 Å². The Labute approximate surface area is 112 Å². The molecule has 0 saturated carbocycles. The highest BCUT2D eigenvalue weighted by Crippen LogP contribution is 2.21. The van der Waals surface area contributed by atoms with E-state index in [0.717, 1.165) is 16.9 Å². The molecule has 0 fully saturated rings. The number of rotatable bonds is 6. The van der Waals surface area contributed by atoms with Crippen LogP contribution < -0.4 is 9.47 Å². The van der Waals surface area contributed by atoms with Gasteiger partial charge in [0.2, 0.25) is 5.88 Å². The normalized spacial score (nSPS) is 10.2. The largest absolute Gasteiger partial charge is 0.488 e. The molecule has 0 radical (unpaired) electrons. The van der Waals surface area contributed by atoms with Crippen molar-refractivity contribution < 1.29 is 14.6 Å². The Morgan fingerprint density at radius 1 is 1.11 bits per heavy atom. The third-order valence-corrected chi connectivity index (χ3v) is 2.78. The highest BCUT2D eigenvalue weighted by Gasteiger charge is 2.06. The van der Waals surface area contributed by atoms with Crippen LogP contribution in [0.25, 0.3) is 0 Å². The summed E-state index contributed by atoms with van der Waals surface area (Å²) in [7, 11) is 1.59. The number of benzene rings is 1. The molecule has 0 amide bonds. The fourth-order valence-electron chi connectivity index (χ4n) is 1.84. The summed E-state index contributed by atoms with van der Waals surface area (Å²) >= 11 is 0. The average Bonchev–Trinajstić information content (AvgIpc) is 2.47. The molecule has 2 aromatic rings. The second-order valence-corrected chi connectivity index (χ2v) is 4.04.